The molecule has 1 N–H and O–H groups in total. The molecule has 0 saturated carbocycles. The van der Waals surface area contributed by atoms with Gasteiger partial charge in [-0.3, -0.25) is 4.79 Å². The van der Waals surface area contributed by atoms with Crippen molar-refractivity contribution in [3.8, 4) is 11.3 Å². The number of aromatic nitrogens is 3. The van der Waals surface area contributed by atoms with Crippen molar-refractivity contribution in [2.24, 2.45) is 0 Å². The van der Waals surface area contributed by atoms with E-state index in [1.165, 1.54) is 0 Å². The molecule has 3 rings (SSSR count). The Hall–Kier alpha value is -2.22. The van der Waals surface area contributed by atoms with Crippen LogP contribution in [0.2, 0.25) is 0 Å². The third kappa shape index (κ3) is 3.27. The Bertz CT molecular complexity index is 753. The second-order valence-electron chi connectivity index (χ2n) is 4.39. The van der Waals surface area contributed by atoms with Gasteiger partial charge in [0.1, 0.15) is 5.69 Å². The van der Waals surface area contributed by atoms with Crippen LogP contribution in [0.3, 0.4) is 0 Å². The van der Waals surface area contributed by atoms with Crippen molar-refractivity contribution in [3.63, 3.8) is 0 Å². The van der Waals surface area contributed by atoms with Gasteiger partial charge in [0.2, 0.25) is 0 Å². The van der Waals surface area contributed by atoms with Crippen LogP contribution in [0.1, 0.15) is 10.4 Å². The van der Waals surface area contributed by atoms with E-state index in [-0.39, 0.29) is 5.91 Å². The van der Waals surface area contributed by atoms with Crippen LogP contribution in [0, 0.1) is 0 Å². The minimum atomic E-state index is -0.124. The first-order chi connectivity index (χ1) is 10.2. The van der Waals surface area contributed by atoms with Gasteiger partial charge in [0.15, 0.2) is 0 Å². The first-order valence-corrected chi connectivity index (χ1v) is 7.24. The molecule has 0 atom stereocenters. The summed E-state index contributed by atoms with van der Waals surface area (Å²) in [4.78, 5) is 12.0. The molecule has 0 aliphatic heterocycles. The highest BCUT2D eigenvalue weighted by molar-refractivity contribution is 14.1. The number of anilines is 1. The van der Waals surface area contributed by atoms with Crippen LogP contribution in [0.25, 0.3) is 11.3 Å². The Labute approximate surface area is 135 Å². The van der Waals surface area contributed by atoms with Crippen molar-refractivity contribution in [2.75, 3.05) is 5.32 Å². The third-order valence-corrected chi connectivity index (χ3v) is 3.41. The Morgan fingerprint density at radius 2 is 1.76 bits per heavy atom. The lowest BCUT2D eigenvalue weighted by molar-refractivity contribution is 0.102. The molecule has 1 amide bonds. The van der Waals surface area contributed by atoms with Gasteiger partial charge in [-0.15, -0.1) is 5.10 Å². The van der Waals surface area contributed by atoms with E-state index in [0.29, 0.717) is 5.56 Å². The number of halogens is 1. The minimum Gasteiger partial charge on any atom is -0.322 e. The molecule has 0 saturated heterocycles. The van der Waals surface area contributed by atoms with Crippen molar-refractivity contribution in [3.05, 3.63) is 66.4 Å². The molecule has 5 nitrogen and oxygen atoms in total. The summed E-state index contributed by atoms with van der Waals surface area (Å²) in [5.41, 5.74) is 3.13. The molecule has 1 aromatic heterocycles. The average molecular weight is 390 g/mol. The molecule has 3 aromatic rings. The van der Waals surface area contributed by atoms with Gasteiger partial charge in [-0.25, -0.2) is 0 Å². The molecule has 2 aromatic carbocycles. The molecular formula is C15H11IN4O. The van der Waals surface area contributed by atoms with Crippen molar-refractivity contribution in [1.29, 1.82) is 0 Å². The molecule has 21 heavy (non-hydrogen) atoms. The number of carbonyl (C=O) groups excluding carboxylic acids is 1. The van der Waals surface area contributed by atoms with E-state index in [1.54, 1.807) is 15.0 Å². The summed E-state index contributed by atoms with van der Waals surface area (Å²) in [7, 11) is 0. The third-order valence-electron chi connectivity index (χ3n) is 2.94. The Morgan fingerprint density at radius 3 is 2.38 bits per heavy atom. The largest absolute Gasteiger partial charge is 0.322 e. The predicted molar refractivity (Wildman–Crippen MR) is 89.3 cm³/mol. The number of nitrogens with one attached hydrogen (secondary N) is 1. The van der Waals surface area contributed by atoms with Gasteiger partial charge in [-0.05, 0) is 24.3 Å². The Morgan fingerprint density at radius 1 is 1.05 bits per heavy atom. The van der Waals surface area contributed by atoms with E-state index in [4.69, 9.17) is 0 Å². The summed E-state index contributed by atoms with van der Waals surface area (Å²) in [6, 6.07) is 16.6. The molecule has 0 aliphatic carbocycles. The van der Waals surface area contributed by atoms with E-state index >= 15 is 0 Å². The fourth-order valence-electron chi connectivity index (χ4n) is 1.89. The lowest BCUT2D eigenvalue weighted by Gasteiger charge is -2.05. The maximum Gasteiger partial charge on any atom is 0.255 e. The Balaban J connectivity index is 1.74. The molecule has 104 valence electrons. The van der Waals surface area contributed by atoms with E-state index < -0.39 is 0 Å². The normalized spacial score (nSPS) is 10.3. The zero-order valence-electron chi connectivity index (χ0n) is 10.9. The van der Waals surface area contributed by atoms with E-state index in [0.717, 1.165) is 16.9 Å². The maximum atomic E-state index is 12.0. The SMILES string of the molecule is O=C(Nc1ccc(-c2cn(I)nn2)cc1)c1ccccc1. The monoisotopic (exact) mass is 390 g/mol. The van der Waals surface area contributed by atoms with Crippen LogP contribution < -0.4 is 5.32 Å². The number of hydrogen-bond acceptors (Lipinski definition) is 3. The summed E-state index contributed by atoms with van der Waals surface area (Å²) in [6.45, 7) is 0. The number of carbonyl (C=O) groups is 1. The molecule has 0 radical (unpaired) electrons. The van der Waals surface area contributed by atoms with E-state index in [2.05, 4.69) is 15.6 Å². The highest BCUT2D eigenvalue weighted by Crippen LogP contribution is 2.19. The van der Waals surface area contributed by atoms with Gasteiger partial charge in [-0.1, -0.05) is 35.5 Å². The fraction of sp³-hybridized carbons (Fsp3) is 0. The van der Waals surface area contributed by atoms with Crippen LogP contribution in [0.4, 0.5) is 5.69 Å². The lowest BCUT2D eigenvalue weighted by Crippen LogP contribution is -2.11. The molecule has 0 spiro atoms. The summed E-state index contributed by atoms with van der Waals surface area (Å²) in [6.07, 6.45) is 1.83. The standard InChI is InChI=1S/C15H11IN4O/c16-20-10-14(18-19-20)11-6-8-13(9-7-11)17-15(21)12-4-2-1-3-5-12/h1-10H,(H,17,21). The maximum absolute atomic E-state index is 12.0. The molecule has 0 bridgehead atoms. The summed E-state index contributed by atoms with van der Waals surface area (Å²) < 4.78 is 1.62. The first-order valence-electron chi connectivity index (χ1n) is 6.28. The molecule has 1 heterocycles. The smallest absolute Gasteiger partial charge is 0.255 e. The van der Waals surface area contributed by atoms with Gasteiger partial charge >= 0.3 is 0 Å². The van der Waals surface area contributed by atoms with Crippen LogP contribution >= 0.6 is 22.9 Å². The van der Waals surface area contributed by atoms with Crippen molar-refractivity contribution >= 4 is 34.5 Å². The summed E-state index contributed by atoms with van der Waals surface area (Å²) >= 11 is 2.04. The topological polar surface area (TPSA) is 59.8 Å². The van der Waals surface area contributed by atoms with Gasteiger partial charge in [-0.2, -0.15) is 2.90 Å². The second-order valence-corrected chi connectivity index (χ2v) is 5.38. The van der Waals surface area contributed by atoms with Crippen molar-refractivity contribution in [1.82, 2.24) is 13.2 Å². The summed E-state index contributed by atoms with van der Waals surface area (Å²) in [5, 5.41) is 10.8. The minimum absolute atomic E-state index is 0.124. The average Bonchev–Trinajstić information content (AvgIpc) is 2.95. The van der Waals surface area contributed by atoms with E-state index in [1.807, 2.05) is 71.5 Å². The van der Waals surface area contributed by atoms with E-state index in [9.17, 15) is 4.79 Å². The lowest BCUT2D eigenvalue weighted by atomic mass is 10.1. The Kier molecular flexibility index (Phi) is 3.96. The van der Waals surface area contributed by atoms with Gasteiger partial charge in [0.25, 0.3) is 5.91 Å². The van der Waals surface area contributed by atoms with Crippen LogP contribution in [-0.4, -0.2) is 19.1 Å². The van der Waals surface area contributed by atoms with Crippen LogP contribution in [-0.2, 0) is 0 Å². The molecule has 6 heteroatoms. The predicted octanol–water partition coefficient (Wildman–Crippen LogP) is 3.40. The number of hydrogen-bond donors (Lipinski definition) is 1. The highest BCUT2D eigenvalue weighted by Gasteiger charge is 2.06. The summed E-state index contributed by atoms with van der Waals surface area (Å²) in [5.74, 6) is -0.124. The number of benzene rings is 2. The van der Waals surface area contributed by atoms with Gasteiger partial charge < -0.3 is 5.32 Å². The van der Waals surface area contributed by atoms with Crippen molar-refractivity contribution in [2.45, 2.75) is 0 Å². The first kappa shape index (κ1) is 13.7. The number of rotatable bonds is 3. The highest BCUT2D eigenvalue weighted by atomic mass is 127. The number of amides is 1. The van der Waals surface area contributed by atoms with Crippen molar-refractivity contribution < 1.29 is 4.79 Å². The molecular weight excluding hydrogens is 379 g/mol. The second kappa shape index (κ2) is 6.04. The van der Waals surface area contributed by atoms with Crippen LogP contribution in [0.15, 0.2) is 60.8 Å². The zero-order chi connectivity index (χ0) is 14.7. The fourth-order valence-corrected chi connectivity index (χ4v) is 2.25. The van der Waals surface area contributed by atoms with Gasteiger partial charge in [0, 0.05) is 16.8 Å². The quantitative estimate of drug-likeness (QED) is 0.698. The molecule has 0 aliphatic rings. The molecule has 0 fully saturated rings. The zero-order valence-corrected chi connectivity index (χ0v) is 13.1. The molecule has 0 unspecified atom stereocenters. The number of nitrogens with zero attached hydrogens (tertiary/aromatic N) is 3. The van der Waals surface area contributed by atoms with Gasteiger partial charge in [0.05, 0.1) is 29.1 Å². The van der Waals surface area contributed by atoms with Crippen LogP contribution in [0.5, 0.6) is 0 Å².